The van der Waals surface area contributed by atoms with Gasteiger partial charge in [0.2, 0.25) is 0 Å². The molecule has 3 heteroatoms. The maximum absolute atomic E-state index is 11.7. The first-order chi connectivity index (χ1) is 14.6. The minimum atomic E-state index is -0.192. The van der Waals surface area contributed by atoms with Crippen molar-refractivity contribution in [2.24, 2.45) is 0 Å². The van der Waals surface area contributed by atoms with Crippen LogP contribution in [0.1, 0.15) is 76.6 Å². The number of fused-ring (bicyclic) bond motifs is 1. The summed E-state index contributed by atoms with van der Waals surface area (Å²) in [5.41, 5.74) is 6.47. The number of hydrogen-bond donors (Lipinski definition) is 0. The fraction of sp³-hybridized carbons (Fsp3) is 0.464. The van der Waals surface area contributed by atoms with Crippen molar-refractivity contribution in [3.05, 3.63) is 52.6 Å². The second kappa shape index (κ2) is 8.79. The van der Waals surface area contributed by atoms with Crippen molar-refractivity contribution in [2.75, 3.05) is 6.61 Å². The Bertz CT molecular complexity index is 1020. The molecular formula is C28H34O3. The molecule has 0 saturated heterocycles. The molecule has 1 heterocycles. The first-order valence-electron chi connectivity index (χ1n) is 11.2. The first-order valence-corrected chi connectivity index (χ1v) is 11.2. The summed E-state index contributed by atoms with van der Waals surface area (Å²) in [6.07, 6.45) is 8.61. The van der Waals surface area contributed by atoms with Gasteiger partial charge in [-0.1, -0.05) is 38.8 Å². The maximum atomic E-state index is 11.7. The van der Waals surface area contributed by atoms with Gasteiger partial charge >= 0.3 is 5.97 Å². The molecule has 0 amide bonds. The lowest BCUT2D eigenvalue weighted by Crippen LogP contribution is -2.41. The quantitative estimate of drug-likeness (QED) is 0.412. The molecule has 0 fully saturated rings. The molecule has 0 unspecified atom stereocenters. The molecule has 0 radical (unpaired) electrons. The molecule has 1 aliphatic rings. The monoisotopic (exact) mass is 418 g/mol. The molecule has 0 saturated carbocycles. The Balaban J connectivity index is 2.01. The third kappa shape index (κ3) is 4.96. The lowest BCUT2D eigenvalue weighted by molar-refractivity contribution is -0.143. The third-order valence-corrected chi connectivity index (χ3v) is 6.05. The highest BCUT2D eigenvalue weighted by atomic mass is 16.5. The predicted molar refractivity (Wildman–Crippen MR) is 126 cm³/mol. The zero-order chi connectivity index (χ0) is 22.8. The van der Waals surface area contributed by atoms with Crippen molar-refractivity contribution in [1.29, 1.82) is 0 Å². The summed E-state index contributed by atoms with van der Waals surface area (Å²) >= 11 is 0. The van der Waals surface area contributed by atoms with E-state index in [4.69, 9.17) is 15.9 Å². The maximum Gasteiger partial charge on any atom is 0.306 e. The van der Waals surface area contributed by atoms with Crippen molar-refractivity contribution in [3.8, 4) is 29.2 Å². The summed E-state index contributed by atoms with van der Waals surface area (Å²) in [6, 6.07) is 10.7. The van der Waals surface area contributed by atoms with Crippen LogP contribution < -0.4 is 4.74 Å². The first kappa shape index (κ1) is 22.9. The molecule has 0 atom stereocenters. The second-order valence-corrected chi connectivity index (χ2v) is 9.60. The molecule has 0 aromatic heterocycles. The summed E-state index contributed by atoms with van der Waals surface area (Å²) < 4.78 is 11.4. The van der Waals surface area contributed by atoms with Crippen LogP contribution in [0.4, 0.5) is 0 Å². The van der Waals surface area contributed by atoms with E-state index in [1.165, 1.54) is 16.7 Å². The van der Waals surface area contributed by atoms with Gasteiger partial charge in [-0.3, -0.25) is 4.79 Å². The number of esters is 1. The van der Waals surface area contributed by atoms with Crippen LogP contribution in [-0.4, -0.2) is 18.2 Å². The van der Waals surface area contributed by atoms with E-state index in [0.29, 0.717) is 19.4 Å². The van der Waals surface area contributed by atoms with Crippen LogP contribution in [0.2, 0.25) is 0 Å². The Kier molecular flexibility index (Phi) is 6.51. The predicted octanol–water partition coefficient (Wildman–Crippen LogP) is 6.23. The fourth-order valence-electron chi connectivity index (χ4n) is 4.86. The highest BCUT2D eigenvalue weighted by Gasteiger charge is 2.39. The number of carbonyl (C=O) groups excluding carboxylic acids is 1. The van der Waals surface area contributed by atoms with Crippen molar-refractivity contribution < 1.29 is 14.3 Å². The molecule has 1 aliphatic heterocycles. The SMILES string of the molecule is C#Cc1cc(-c2cc3c(cc2CC)OC(C)(C)CC3(C)C)ccc1CCC(=O)OCC. The molecule has 0 spiro atoms. The number of hydrogen-bond acceptors (Lipinski definition) is 3. The van der Waals surface area contributed by atoms with Gasteiger partial charge in [-0.25, -0.2) is 0 Å². The second-order valence-electron chi connectivity index (χ2n) is 9.60. The fourth-order valence-corrected chi connectivity index (χ4v) is 4.86. The molecule has 0 bridgehead atoms. The van der Waals surface area contributed by atoms with E-state index in [0.717, 1.165) is 35.3 Å². The summed E-state index contributed by atoms with van der Waals surface area (Å²) in [4.78, 5) is 11.7. The van der Waals surface area contributed by atoms with Gasteiger partial charge in [0, 0.05) is 17.5 Å². The number of terminal acetylenes is 1. The molecule has 3 nitrogen and oxygen atoms in total. The summed E-state index contributed by atoms with van der Waals surface area (Å²) in [7, 11) is 0. The van der Waals surface area contributed by atoms with Crippen molar-refractivity contribution in [2.45, 2.75) is 78.2 Å². The van der Waals surface area contributed by atoms with Crippen LogP contribution in [-0.2, 0) is 27.8 Å². The van der Waals surface area contributed by atoms with E-state index in [1.807, 2.05) is 13.0 Å². The van der Waals surface area contributed by atoms with Gasteiger partial charge < -0.3 is 9.47 Å². The van der Waals surface area contributed by atoms with E-state index < -0.39 is 0 Å². The topological polar surface area (TPSA) is 35.5 Å². The van der Waals surface area contributed by atoms with E-state index in [2.05, 4.69) is 64.8 Å². The highest BCUT2D eigenvalue weighted by Crippen LogP contribution is 2.47. The van der Waals surface area contributed by atoms with Gasteiger partial charge in [-0.2, -0.15) is 0 Å². The number of ether oxygens (including phenoxy) is 2. The van der Waals surface area contributed by atoms with Gasteiger partial charge in [-0.05, 0) is 85.9 Å². The van der Waals surface area contributed by atoms with E-state index in [-0.39, 0.29) is 17.0 Å². The zero-order valence-electron chi connectivity index (χ0n) is 19.7. The molecule has 2 aromatic rings. The van der Waals surface area contributed by atoms with Crippen LogP contribution in [0.3, 0.4) is 0 Å². The lowest BCUT2D eigenvalue weighted by atomic mass is 9.72. The molecule has 3 rings (SSSR count). The standard InChI is InChI=1S/C28H34O3/c1-8-19-15-22(12-11-21(19)13-14-26(29)30-10-3)23-17-24-25(16-20(23)9-2)31-28(6,7)18-27(24,4)5/h1,11-12,15-17H,9-10,13-14,18H2,2-7H3. The van der Waals surface area contributed by atoms with Gasteiger partial charge in [0.1, 0.15) is 11.4 Å². The number of rotatable bonds is 6. The normalized spacial score (nSPS) is 16.0. The highest BCUT2D eigenvalue weighted by molar-refractivity contribution is 5.73. The molecular weight excluding hydrogens is 384 g/mol. The average Bonchev–Trinajstić information content (AvgIpc) is 2.70. The molecule has 0 N–H and O–H groups in total. The van der Waals surface area contributed by atoms with E-state index in [1.54, 1.807) is 0 Å². The Morgan fingerprint density at radius 3 is 2.52 bits per heavy atom. The Hall–Kier alpha value is -2.73. The Morgan fingerprint density at radius 2 is 1.87 bits per heavy atom. The van der Waals surface area contributed by atoms with Crippen LogP contribution >= 0.6 is 0 Å². The summed E-state index contributed by atoms with van der Waals surface area (Å²) in [5.74, 6) is 3.61. The molecule has 2 aromatic carbocycles. The van der Waals surface area contributed by atoms with E-state index in [9.17, 15) is 4.79 Å². The zero-order valence-corrected chi connectivity index (χ0v) is 19.7. The summed E-state index contributed by atoms with van der Waals surface area (Å²) in [6.45, 7) is 13.3. The largest absolute Gasteiger partial charge is 0.488 e. The average molecular weight is 419 g/mol. The minimum absolute atomic E-state index is 0.0205. The van der Waals surface area contributed by atoms with Gasteiger partial charge in [0.05, 0.1) is 6.61 Å². The molecule has 164 valence electrons. The van der Waals surface area contributed by atoms with Crippen molar-refractivity contribution in [1.82, 2.24) is 0 Å². The van der Waals surface area contributed by atoms with Crippen LogP contribution in [0.5, 0.6) is 5.75 Å². The van der Waals surface area contributed by atoms with Gasteiger partial charge in [0.15, 0.2) is 0 Å². The molecule has 31 heavy (non-hydrogen) atoms. The lowest BCUT2D eigenvalue weighted by Gasteiger charge is -2.43. The molecule has 0 aliphatic carbocycles. The Morgan fingerprint density at radius 1 is 1.13 bits per heavy atom. The number of carbonyl (C=O) groups is 1. The van der Waals surface area contributed by atoms with Gasteiger partial charge in [-0.15, -0.1) is 6.42 Å². The smallest absolute Gasteiger partial charge is 0.306 e. The minimum Gasteiger partial charge on any atom is -0.488 e. The van der Waals surface area contributed by atoms with Crippen LogP contribution in [0.25, 0.3) is 11.1 Å². The number of aryl methyl sites for hydroxylation is 2. The Labute approximate surface area is 187 Å². The van der Waals surface area contributed by atoms with Crippen molar-refractivity contribution >= 4 is 5.97 Å². The van der Waals surface area contributed by atoms with Crippen LogP contribution in [0.15, 0.2) is 30.3 Å². The number of benzene rings is 2. The van der Waals surface area contributed by atoms with Crippen LogP contribution in [0, 0.1) is 12.3 Å². The van der Waals surface area contributed by atoms with Gasteiger partial charge in [0.25, 0.3) is 0 Å². The third-order valence-electron chi connectivity index (χ3n) is 6.05. The van der Waals surface area contributed by atoms with Crippen molar-refractivity contribution in [3.63, 3.8) is 0 Å². The van der Waals surface area contributed by atoms with E-state index >= 15 is 0 Å². The summed E-state index contributed by atoms with van der Waals surface area (Å²) in [5, 5.41) is 0.